The van der Waals surface area contributed by atoms with Crippen molar-refractivity contribution < 1.29 is 14.2 Å². The molecule has 0 saturated heterocycles. The lowest BCUT2D eigenvalue weighted by molar-refractivity contribution is -0.0873. The maximum Gasteiger partial charge on any atom is 0.272 e. The van der Waals surface area contributed by atoms with Crippen molar-refractivity contribution in [2.45, 2.75) is 25.4 Å². The first-order chi connectivity index (χ1) is 13.6. The molecule has 1 saturated carbocycles. The summed E-state index contributed by atoms with van der Waals surface area (Å²) in [5, 5.41) is 20.0. The fourth-order valence-corrected chi connectivity index (χ4v) is 3.12. The van der Waals surface area contributed by atoms with Gasteiger partial charge in [-0.05, 0) is 43.2 Å². The second-order valence-corrected chi connectivity index (χ2v) is 6.74. The lowest BCUT2D eigenvalue weighted by Gasteiger charge is -2.11. The van der Waals surface area contributed by atoms with Crippen LogP contribution in [0.3, 0.4) is 0 Å². The van der Waals surface area contributed by atoms with Crippen molar-refractivity contribution in [3.8, 4) is 11.3 Å². The Morgan fingerprint density at radius 2 is 2.07 bits per heavy atom. The van der Waals surface area contributed by atoms with E-state index in [1.54, 1.807) is 18.2 Å². The minimum absolute atomic E-state index is 0.0958. The molecule has 0 radical (unpaired) electrons. The summed E-state index contributed by atoms with van der Waals surface area (Å²) in [6.45, 7) is 0. The third-order valence-corrected chi connectivity index (χ3v) is 4.61. The molecule has 0 bridgehead atoms. The molecule has 2 heterocycles. The lowest BCUT2D eigenvalue weighted by atomic mass is 10.0. The Morgan fingerprint density at radius 3 is 2.89 bits per heavy atom. The highest BCUT2D eigenvalue weighted by atomic mass is 19.1. The fraction of sp³-hybridized carbons (Fsp3) is 0.211. The molecule has 0 spiro atoms. The second-order valence-electron chi connectivity index (χ2n) is 6.74. The molecule has 28 heavy (non-hydrogen) atoms. The number of hydrogen-bond acceptors (Lipinski definition) is 6. The van der Waals surface area contributed by atoms with E-state index >= 15 is 0 Å². The van der Waals surface area contributed by atoms with Crippen LogP contribution in [0.5, 0.6) is 0 Å². The van der Waals surface area contributed by atoms with Gasteiger partial charge in [0, 0.05) is 10.9 Å². The van der Waals surface area contributed by atoms with E-state index in [4.69, 9.17) is 4.74 Å². The Bertz CT molecular complexity index is 1250. The second kappa shape index (κ2) is 6.39. The number of aromatic amines is 2. The molecule has 4 aromatic rings. The number of halogens is 1. The summed E-state index contributed by atoms with van der Waals surface area (Å²) in [6, 6.07) is 9.34. The third-order valence-electron chi connectivity index (χ3n) is 4.61. The van der Waals surface area contributed by atoms with Gasteiger partial charge in [-0.25, -0.2) is 14.5 Å². The van der Waals surface area contributed by atoms with E-state index in [1.165, 1.54) is 18.2 Å². The van der Waals surface area contributed by atoms with Gasteiger partial charge in [-0.1, -0.05) is 6.07 Å². The van der Waals surface area contributed by atoms with Crippen LogP contribution in [0, 0.1) is 5.82 Å². The van der Waals surface area contributed by atoms with Gasteiger partial charge in [0.2, 0.25) is 12.4 Å². The zero-order valence-corrected chi connectivity index (χ0v) is 14.6. The lowest BCUT2D eigenvalue weighted by Crippen LogP contribution is -2.23. The van der Waals surface area contributed by atoms with Crippen molar-refractivity contribution in [3.05, 3.63) is 52.6 Å². The molecule has 2 aromatic carbocycles. The number of ether oxygens (including phenoxy) is 1. The van der Waals surface area contributed by atoms with Gasteiger partial charge in [0.15, 0.2) is 0 Å². The predicted molar refractivity (Wildman–Crippen MR) is 101 cm³/mol. The summed E-state index contributed by atoms with van der Waals surface area (Å²) in [4.78, 5) is 19.4. The normalized spacial score (nSPS) is 15.2. The van der Waals surface area contributed by atoms with Gasteiger partial charge in [-0.3, -0.25) is 4.79 Å². The third kappa shape index (κ3) is 3.10. The average Bonchev–Trinajstić information content (AvgIpc) is 3.38. The molecule has 0 aliphatic heterocycles. The van der Waals surface area contributed by atoms with Crippen LogP contribution < -0.4 is 10.9 Å². The molecule has 1 fully saturated rings. The fourth-order valence-electron chi connectivity index (χ4n) is 3.12. The van der Waals surface area contributed by atoms with E-state index in [-0.39, 0.29) is 11.7 Å². The minimum Gasteiger partial charge on any atom is -0.351 e. The molecule has 8 nitrogen and oxygen atoms in total. The number of rotatable bonds is 5. The van der Waals surface area contributed by atoms with Crippen molar-refractivity contribution in [1.82, 2.24) is 20.2 Å². The van der Waals surface area contributed by atoms with Crippen LogP contribution in [0.15, 0.2) is 41.2 Å². The van der Waals surface area contributed by atoms with Crippen LogP contribution in [0.25, 0.3) is 33.1 Å². The van der Waals surface area contributed by atoms with Crippen LogP contribution in [0.2, 0.25) is 0 Å². The van der Waals surface area contributed by atoms with Crippen LogP contribution in [-0.2, 0) is 4.74 Å². The van der Waals surface area contributed by atoms with E-state index in [0.29, 0.717) is 33.5 Å². The SMILES string of the molecule is O=c1[nH]nc(-c2ccc3[nH]c(NC(O)OC4CC4)nc3c2)c2cc(F)ccc12. The Balaban J connectivity index is 1.53. The summed E-state index contributed by atoms with van der Waals surface area (Å²) in [7, 11) is 0. The maximum absolute atomic E-state index is 13.7. The van der Waals surface area contributed by atoms with Crippen molar-refractivity contribution in [1.29, 1.82) is 0 Å². The topological polar surface area (TPSA) is 116 Å². The highest BCUT2D eigenvalue weighted by molar-refractivity contribution is 5.95. The minimum atomic E-state index is -1.14. The summed E-state index contributed by atoms with van der Waals surface area (Å²) in [6.07, 6.45) is 0.852. The molecule has 2 aromatic heterocycles. The molecule has 5 rings (SSSR count). The molecule has 9 heteroatoms. The molecule has 1 unspecified atom stereocenters. The van der Waals surface area contributed by atoms with E-state index in [1.807, 2.05) is 0 Å². The Morgan fingerprint density at radius 1 is 1.21 bits per heavy atom. The maximum atomic E-state index is 13.7. The largest absolute Gasteiger partial charge is 0.351 e. The van der Waals surface area contributed by atoms with Crippen molar-refractivity contribution >= 4 is 27.8 Å². The first-order valence-electron chi connectivity index (χ1n) is 8.85. The van der Waals surface area contributed by atoms with Gasteiger partial charge in [0.05, 0.1) is 28.2 Å². The predicted octanol–water partition coefficient (Wildman–Crippen LogP) is 2.47. The van der Waals surface area contributed by atoms with Crippen molar-refractivity contribution in [2.24, 2.45) is 0 Å². The number of nitrogens with zero attached hydrogens (tertiary/aromatic N) is 2. The van der Waals surface area contributed by atoms with E-state index in [9.17, 15) is 14.3 Å². The van der Waals surface area contributed by atoms with Crippen LogP contribution >= 0.6 is 0 Å². The number of aliphatic hydroxyl groups excluding tert-OH is 1. The number of aromatic nitrogens is 4. The monoisotopic (exact) mass is 381 g/mol. The van der Waals surface area contributed by atoms with Gasteiger partial charge in [-0.15, -0.1) is 0 Å². The highest BCUT2D eigenvalue weighted by Crippen LogP contribution is 2.28. The van der Waals surface area contributed by atoms with E-state index < -0.39 is 12.2 Å². The molecular weight excluding hydrogens is 365 g/mol. The number of fused-ring (bicyclic) bond motifs is 2. The number of H-pyrrole nitrogens is 2. The van der Waals surface area contributed by atoms with Crippen LogP contribution in [-0.4, -0.2) is 37.8 Å². The average molecular weight is 381 g/mol. The van der Waals surface area contributed by atoms with Crippen LogP contribution in [0.1, 0.15) is 12.8 Å². The van der Waals surface area contributed by atoms with Crippen molar-refractivity contribution in [2.75, 3.05) is 5.32 Å². The molecule has 4 N–H and O–H groups in total. The number of nitrogens with one attached hydrogen (secondary N) is 3. The number of imidazole rings is 1. The summed E-state index contributed by atoms with van der Waals surface area (Å²) in [5.41, 5.74) is 2.11. The first kappa shape index (κ1) is 16.8. The molecule has 1 atom stereocenters. The molecule has 1 aliphatic carbocycles. The zero-order chi connectivity index (χ0) is 19.3. The number of anilines is 1. The molecule has 142 valence electrons. The van der Waals surface area contributed by atoms with Crippen LogP contribution in [0.4, 0.5) is 10.3 Å². The van der Waals surface area contributed by atoms with E-state index in [0.717, 1.165) is 18.4 Å². The van der Waals surface area contributed by atoms with Gasteiger partial charge < -0.3 is 20.1 Å². The molecular formula is C19H16FN5O3. The van der Waals surface area contributed by atoms with Crippen molar-refractivity contribution in [3.63, 3.8) is 0 Å². The zero-order valence-electron chi connectivity index (χ0n) is 14.6. The van der Waals surface area contributed by atoms with Gasteiger partial charge in [0.1, 0.15) is 5.82 Å². The quantitative estimate of drug-likeness (QED) is 0.395. The number of aliphatic hydroxyl groups is 1. The van der Waals surface area contributed by atoms with Gasteiger partial charge in [0.25, 0.3) is 5.56 Å². The Labute approximate surface area is 157 Å². The molecule has 0 amide bonds. The summed E-state index contributed by atoms with van der Waals surface area (Å²) >= 11 is 0. The summed E-state index contributed by atoms with van der Waals surface area (Å²) in [5.74, 6) is -0.0798. The molecule has 1 aliphatic rings. The standard InChI is InChI=1S/C19H16FN5O3/c20-10-2-5-12-13(8-10)16(24-25-17(12)26)9-1-6-14-15(7-9)22-18(21-14)23-19(27)28-11-3-4-11/h1-2,5-8,11,19,27H,3-4H2,(H,25,26)(H2,21,22,23). The van der Waals surface area contributed by atoms with Gasteiger partial charge in [-0.2, -0.15) is 5.10 Å². The highest BCUT2D eigenvalue weighted by Gasteiger charge is 2.25. The number of hydrogen-bond donors (Lipinski definition) is 4. The smallest absolute Gasteiger partial charge is 0.272 e. The first-order valence-corrected chi connectivity index (χ1v) is 8.85. The van der Waals surface area contributed by atoms with E-state index in [2.05, 4.69) is 25.5 Å². The number of benzene rings is 2. The Kier molecular flexibility index (Phi) is 3.85. The summed E-state index contributed by atoms with van der Waals surface area (Å²) < 4.78 is 19.1. The Hall–Kier alpha value is -3.30. The van der Waals surface area contributed by atoms with Gasteiger partial charge >= 0.3 is 0 Å².